The summed E-state index contributed by atoms with van der Waals surface area (Å²) < 4.78 is 4.56. The van der Waals surface area contributed by atoms with Gasteiger partial charge < -0.3 is 10.1 Å². The highest BCUT2D eigenvalue weighted by Crippen LogP contribution is 2.16. The quantitative estimate of drug-likeness (QED) is 0.533. The van der Waals surface area contributed by atoms with Gasteiger partial charge >= 0.3 is 5.97 Å². The molecule has 4 nitrogen and oxygen atoms in total. The Morgan fingerprint density at radius 1 is 1.35 bits per heavy atom. The predicted molar refractivity (Wildman–Crippen MR) is 84.0 cm³/mol. The Morgan fingerprint density at radius 2 is 2.20 bits per heavy atom. The van der Waals surface area contributed by atoms with Crippen molar-refractivity contribution in [3.8, 4) is 0 Å². The summed E-state index contributed by atoms with van der Waals surface area (Å²) in [5, 5.41) is 4.94. The van der Waals surface area contributed by atoms with Gasteiger partial charge in [-0.3, -0.25) is 9.59 Å². The highest BCUT2D eigenvalue weighted by Gasteiger charge is 2.03. The topological polar surface area (TPSA) is 55.4 Å². The number of hydrogen-bond acceptors (Lipinski definition) is 5. The summed E-state index contributed by atoms with van der Waals surface area (Å²) in [4.78, 5) is 23.7. The molecular formula is C14H21NO3S2. The van der Waals surface area contributed by atoms with E-state index >= 15 is 0 Å². The minimum absolute atomic E-state index is 0.0829. The molecule has 1 N–H and O–H groups in total. The lowest BCUT2D eigenvalue weighted by Crippen LogP contribution is -2.26. The first-order valence-electron chi connectivity index (χ1n) is 6.66. The van der Waals surface area contributed by atoms with Crippen molar-refractivity contribution in [1.82, 2.24) is 5.32 Å². The fraction of sp³-hybridized carbons (Fsp3) is 0.571. The van der Waals surface area contributed by atoms with Crippen LogP contribution in [0.2, 0.25) is 0 Å². The number of carbonyl (C=O) groups excluding carboxylic acids is 2. The summed E-state index contributed by atoms with van der Waals surface area (Å²) in [6.07, 6.45) is 3.10. The van der Waals surface area contributed by atoms with Gasteiger partial charge in [0, 0.05) is 23.6 Å². The van der Waals surface area contributed by atoms with E-state index < -0.39 is 0 Å². The number of rotatable bonds is 10. The molecule has 1 rings (SSSR count). The molecule has 0 atom stereocenters. The summed E-state index contributed by atoms with van der Waals surface area (Å²) in [5.74, 6) is 1.31. The van der Waals surface area contributed by atoms with E-state index in [9.17, 15) is 9.59 Å². The monoisotopic (exact) mass is 315 g/mol. The average molecular weight is 315 g/mol. The van der Waals surface area contributed by atoms with Crippen LogP contribution in [0.25, 0.3) is 0 Å². The maximum absolute atomic E-state index is 11.6. The first-order valence-corrected chi connectivity index (χ1v) is 8.69. The van der Waals surface area contributed by atoms with Crippen molar-refractivity contribution in [3.63, 3.8) is 0 Å². The Morgan fingerprint density at radius 3 is 2.90 bits per heavy atom. The fourth-order valence-electron chi connectivity index (χ4n) is 1.59. The van der Waals surface area contributed by atoms with Crippen molar-refractivity contribution in [2.75, 3.05) is 19.4 Å². The van der Waals surface area contributed by atoms with Crippen molar-refractivity contribution in [1.29, 1.82) is 0 Å². The second-order valence-corrected chi connectivity index (χ2v) is 6.33. The number of thiophene rings is 1. The lowest BCUT2D eigenvalue weighted by atomic mass is 10.2. The number of ether oxygens (including phenoxy) is 1. The van der Waals surface area contributed by atoms with Gasteiger partial charge in [0.05, 0.1) is 12.9 Å². The van der Waals surface area contributed by atoms with Crippen molar-refractivity contribution in [2.45, 2.75) is 31.4 Å². The Kier molecular flexibility index (Phi) is 9.15. The average Bonchev–Trinajstić information content (AvgIpc) is 2.95. The number of hydrogen-bond donors (Lipinski definition) is 1. The molecule has 1 aromatic rings. The maximum atomic E-state index is 11.6. The zero-order chi connectivity index (χ0) is 14.6. The minimum Gasteiger partial charge on any atom is -0.469 e. The van der Waals surface area contributed by atoms with Gasteiger partial charge in [0.1, 0.15) is 0 Å². The molecule has 0 fully saturated rings. The SMILES string of the molecule is COC(=O)CCCCCNC(=O)CSCc1cccs1. The number of thioether (sulfide) groups is 1. The molecule has 1 aromatic heterocycles. The molecule has 1 heterocycles. The number of carbonyl (C=O) groups is 2. The third-order valence-electron chi connectivity index (χ3n) is 2.67. The molecule has 20 heavy (non-hydrogen) atoms. The van der Waals surface area contributed by atoms with Crippen molar-refractivity contribution >= 4 is 35.0 Å². The number of nitrogens with one attached hydrogen (secondary N) is 1. The van der Waals surface area contributed by atoms with E-state index in [1.54, 1.807) is 23.1 Å². The molecule has 0 saturated heterocycles. The van der Waals surface area contributed by atoms with E-state index in [4.69, 9.17) is 0 Å². The largest absolute Gasteiger partial charge is 0.469 e. The van der Waals surface area contributed by atoms with Gasteiger partial charge in [0.15, 0.2) is 0 Å². The fourth-order valence-corrected chi connectivity index (χ4v) is 3.29. The first-order chi connectivity index (χ1) is 9.72. The van der Waals surface area contributed by atoms with Gasteiger partial charge in [-0.15, -0.1) is 23.1 Å². The van der Waals surface area contributed by atoms with Gasteiger partial charge in [0.2, 0.25) is 5.91 Å². The molecule has 0 bridgehead atoms. The minimum atomic E-state index is -0.168. The van der Waals surface area contributed by atoms with Gasteiger partial charge in [-0.2, -0.15) is 0 Å². The summed E-state index contributed by atoms with van der Waals surface area (Å²) in [6, 6.07) is 4.10. The van der Waals surface area contributed by atoms with Crippen LogP contribution < -0.4 is 5.32 Å². The van der Waals surface area contributed by atoms with E-state index in [-0.39, 0.29) is 11.9 Å². The molecule has 0 unspecified atom stereocenters. The molecule has 0 aliphatic carbocycles. The maximum Gasteiger partial charge on any atom is 0.305 e. The van der Waals surface area contributed by atoms with Crippen molar-refractivity contribution in [3.05, 3.63) is 22.4 Å². The summed E-state index contributed by atoms with van der Waals surface area (Å²) in [7, 11) is 1.40. The van der Waals surface area contributed by atoms with Crippen LogP contribution in [0.5, 0.6) is 0 Å². The van der Waals surface area contributed by atoms with Gasteiger partial charge in [0.25, 0.3) is 0 Å². The van der Waals surface area contributed by atoms with Gasteiger partial charge in [-0.25, -0.2) is 0 Å². The third-order valence-corrected chi connectivity index (χ3v) is 4.71. The van der Waals surface area contributed by atoms with E-state index in [0.29, 0.717) is 18.7 Å². The Balaban J connectivity index is 1.91. The zero-order valence-corrected chi connectivity index (χ0v) is 13.4. The third kappa shape index (κ3) is 8.22. The van der Waals surface area contributed by atoms with Crippen LogP contribution in [0.15, 0.2) is 17.5 Å². The van der Waals surface area contributed by atoms with Crippen LogP contribution >= 0.6 is 23.1 Å². The molecule has 0 aromatic carbocycles. The molecule has 0 radical (unpaired) electrons. The lowest BCUT2D eigenvalue weighted by molar-refractivity contribution is -0.140. The molecule has 1 amide bonds. The molecular weight excluding hydrogens is 294 g/mol. The number of methoxy groups -OCH3 is 1. The second-order valence-electron chi connectivity index (χ2n) is 4.31. The van der Waals surface area contributed by atoms with Crippen LogP contribution in [0.1, 0.15) is 30.6 Å². The molecule has 6 heteroatoms. The molecule has 0 aliphatic rings. The van der Waals surface area contributed by atoms with E-state index in [2.05, 4.69) is 16.1 Å². The summed E-state index contributed by atoms with van der Waals surface area (Å²) in [6.45, 7) is 0.680. The summed E-state index contributed by atoms with van der Waals surface area (Å²) in [5.41, 5.74) is 0. The normalized spacial score (nSPS) is 10.2. The Labute approximate surface area is 128 Å². The number of amides is 1. The van der Waals surface area contributed by atoms with Crippen LogP contribution in [-0.4, -0.2) is 31.3 Å². The summed E-state index contributed by atoms with van der Waals surface area (Å²) >= 11 is 3.35. The van der Waals surface area contributed by atoms with Crippen LogP contribution in [0, 0.1) is 0 Å². The second kappa shape index (κ2) is 10.7. The van der Waals surface area contributed by atoms with Crippen LogP contribution in [0.4, 0.5) is 0 Å². The smallest absolute Gasteiger partial charge is 0.305 e. The Bertz CT molecular complexity index is 393. The van der Waals surface area contributed by atoms with Crippen molar-refractivity contribution < 1.29 is 14.3 Å². The number of esters is 1. The van der Waals surface area contributed by atoms with Crippen LogP contribution in [0.3, 0.4) is 0 Å². The van der Waals surface area contributed by atoms with E-state index in [1.165, 1.54) is 12.0 Å². The molecule has 0 saturated carbocycles. The highest BCUT2D eigenvalue weighted by atomic mass is 32.2. The van der Waals surface area contributed by atoms with E-state index in [1.807, 2.05) is 11.4 Å². The highest BCUT2D eigenvalue weighted by molar-refractivity contribution is 7.99. The van der Waals surface area contributed by atoms with E-state index in [0.717, 1.165) is 25.0 Å². The standard InChI is InChI=1S/C14H21NO3S2/c1-18-14(17)7-3-2-4-8-15-13(16)11-19-10-12-6-5-9-20-12/h5-6,9H,2-4,7-8,10-11H2,1H3,(H,15,16). The van der Waals surface area contributed by atoms with Crippen LogP contribution in [-0.2, 0) is 20.1 Å². The predicted octanol–water partition coefficient (Wildman–Crippen LogP) is 2.83. The molecule has 112 valence electrons. The molecule has 0 aliphatic heterocycles. The van der Waals surface area contributed by atoms with Crippen molar-refractivity contribution in [2.24, 2.45) is 0 Å². The van der Waals surface area contributed by atoms with Gasteiger partial charge in [-0.1, -0.05) is 12.5 Å². The Hall–Kier alpha value is -1.01. The zero-order valence-electron chi connectivity index (χ0n) is 11.7. The van der Waals surface area contributed by atoms with Gasteiger partial charge in [-0.05, 0) is 24.3 Å². The molecule has 0 spiro atoms. The number of unbranched alkanes of at least 4 members (excludes halogenated alkanes) is 2. The lowest BCUT2D eigenvalue weighted by Gasteiger charge is -2.04. The first kappa shape index (κ1) is 17.0.